The van der Waals surface area contributed by atoms with Gasteiger partial charge in [0.1, 0.15) is 15.9 Å². The zero-order valence-electron chi connectivity index (χ0n) is 11.3. The van der Waals surface area contributed by atoms with Crippen LogP contribution >= 0.6 is 20.9 Å². The molecule has 0 bridgehead atoms. The minimum absolute atomic E-state index is 0.877. The number of halogens is 1. The molecular weight excluding hydrogens is 524 g/mol. The maximum atomic E-state index is 2.88. The minimum Gasteiger partial charge on any atom is -0.0620 e. The Balaban J connectivity index is 0.000000774. The Morgan fingerprint density at radius 2 is 0.714 bits per heavy atom. The number of rotatable bonds is 3. The molecule has 3 rings (SSSR count). The van der Waals surface area contributed by atoms with Gasteiger partial charge in [0.2, 0.25) is 0 Å². The van der Waals surface area contributed by atoms with Crippen molar-refractivity contribution in [1.82, 2.24) is 0 Å². The molecule has 0 saturated carbocycles. The summed E-state index contributed by atoms with van der Waals surface area (Å²) < 4.78 is 0. The van der Waals surface area contributed by atoms with Gasteiger partial charge in [-0.1, -0.05) is 54.6 Å². The van der Waals surface area contributed by atoms with Crippen LogP contribution in [0.2, 0.25) is 0 Å². The van der Waals surface area contributed by atoms with Crippen LogP contribution in [0.15, 0.2) is 91.0 Å². The topological polar surface area (TPSA) is 0 Å². The Labute approximate surface area is 146 Å². The summed E-state index contributed by atoms with van der Waals surface area (Å²) in [5, 5.41) is 4.31. The van der Waals surface area contributed by atoms with Crippen LogP contribution in [-0.2, 0) is 18.9 Å². The van der Waals surface area contributed by atoms with Crippen LogP contribution < -0.4 is 15.9 Å². The van der Waals surface area contributed by atoms with Crippen LogP contribution in [-0.4, -0.2) is 0 Å². The maximum absolute atomic E-state index is 2.88. The van der Waals surface area contributed by atoms with Gasteiger partial charge in [0, 0.05) is 0 Å². The third kappa shape index (κ3) is 4.64. The molecule has 0 unspecified atom stereocenters. The second kappa shape index (κ2) is 9.35. The quantitative estimate of drug-likeness (QED) is 0.348. The molecule has 0 aromatic heterocycles. The van der Waals surface area contributed by atoms with Crippen molar-refractivity contribution >= 4 is 36.9 Å². The summed E-state index contributed by atoms with van der Waals surface area (Å²) in [6.45, 7) is 0. The van der Waals surface area contributed by atoms with E-state index in [1.165, 1.54) is 15.9 Å². The first kappa shape index (κ1) is 16.7. The normalized spacial score (nSPS) is 9.90. The third-order valence-electron chi connectivity index (χ3n) is 3.19. The van der Waals surface area contributed by atoms with Gasteiger partial charge in [-0.3, -0.25) is 0 Å². The van der Waals surface area contributed by atoms with Crippen LogP contribution in [0, 0.1) is 0 Å². The number of hydrogen-bond donors (Lipinski definition) is 0. The largest absolute Gasteiger partial charge is 0.102 e. The Morgan fingerprint density at radius 3 is 0.952 bits per heavy atom. The van der Waals surface area contributed by atoms with Gasteiger partial charge < -0.3 is 0 Å². The van der Waals surface area contributed by atoms with E-state index in [4.69, 9.17) is 0 Å². The number of hydrogen-bond acceptors (Lipinski definition) is 0. The Bertz CT molecular complexity index is 535. The summed E-state index contributed by atoms with van der Waals surface area (Å²) in [4.78, 5) is 0. The minimum atomic E-state index is -0.877. The summed E-state index contributed by atoms with van der Waals surface area (Å²) in [6.07, 6.45) is 0. The van der Waals surface area contributed by atoms with Crippen molar-refractivity contribution in [3.63, 3.8) is 0 Å². The molecule has 0 atom stereocenters. The average molecular weight is 540 g/mol. The Kier molecular flexibility index (Phi) is 7.43. The summed E-state index contributed by atoms with van der Waals surface area (Å²) in [7, 11) is -0.877. The molecule has 0 aliphatic rings. The maximum Gasteiger partial charge on any atom is 0.102 e. The van der Waals surface area contributed by atoms with E-state index in [2.05, 4.69) is 123 Å². The van der Waals surface area contributed by atoms with E-state index in [1.807, 2.05) is 0 Å². The first-order valence-corrected chi connectivity index (χ1v) is 12.8. The van der Waals surface area contributed by atoms with E-state index in [0.29, 0.717) is 0 Å². The van der Waals surface area contributed by atoms with E-state index in [9.17, 15) is 0 Å². The first-order valence-electron chi connectivity index (χ1n) is 6.60. The molecule has 0 aliphatic heterocycles. The fraction of sp³-hybridized carbons (Fsp3) is 0. The molecular formula is C18H16AuBrP+. The zero-order chi connectivity index (χ0) is 14.9. The van der Waals surface area contributed by atoms with Crippen molar-refractivity contribution in [1.29, 1.82) is 0 Å². The third-order valence-corrected chi connectivity index (χ3v) is 5.92. The molecule has 110 valence electrons. The smallest absolute Gasteiger partial charge is 0.0620 e. The fourth-order valence-electron chi connectivity index (χ4n) is 2.31. The average Bonchev–Trinajstić information content (AvgIpc) is 2.60. The van der Waals surface area contributed by atoms with Crippen molar-refractivity contribution in [3.05, 3.63) is 91.0 Å². The molecule has 0 N–H and O–H groups in total. The van der Waals surface area contributed by atoms with Gasteiger partial charge in [0.15, 0.2) is 0 Å². The van der Waals surface area contributed by atoms with E-state index in [1.54, 1.807) is 0 Å². The molecule has 0 radical (unpaired) electrons. The van der Waals surface area contributed by atoms with Crippen LogP contribution in [0.1, 0.15) is 0 Å². The molecule has 3 heteroatoms. The molecule has 21 heavy (non-hydrogen) atoms. The van der Waals surface area contributed by atoms with Crippen molar-refractivity contribution in [2.75, 3.05) is 0 Å². The van der Waals surface area contributed by atoms with Crippen molar-refractivity contribution in [3.8, 4) is 0 Å². The molecule has 0 saturated heterocycles. The van der Waals surface area contributed by atoms with E-state index < -0.39 is 7.92 Å². The van der Waals surface area contributed by atoms with Crippen LogP contribution in [0.4, 0.5) is 0 Å². The SMILES string of the molecule is [Br][Au].c1ccc([PH+](c2ccccc2)c2ccccc2)cc1. The van der Waals surface area contributed by atoms with E-state index >= 15 is 0 Å². The van der Waals surface area contributed by atoms with Gasteiger partial charge in [0.05, 0.1) is 7.92 Å². The van der Waals surface area contributed by atoms with Gasteiger partial charge in [0.25, 0.3) is 0 Å². The van der Waals surface area contributed by atoms with Gasteiger partial charge in [-0.15, -0.1) is 0 Å². The molecule has 0 amide bonds. The Morgan fingerprint density at radius 1 is 0.476 bits per heavy atom. The monoisotopic (exact) mass is 539 g/mol. The van der Waals surface area contributed by atoms with Gasteiger partial charge in [-0.2, -0.15) is 0 Å². The summed E-state index contributed by atoms with van der Waals surface area (Å²) in [5.74, 6) is 0. The predicted octanol–water partition coefficient (Wildman–Crippen LogP) is 4.02. The number of benzene rings is 3. The molecule has 0 aliphatic carbocycles. The summed E-state index contributed by atoms with van der Waals surface area (Å²) >= 11 is 4.97. The van der Waals surface area contributed by atoms with Crippen LogP contribution in [0.25, 0.3) is 0 Å². The van der Waals surface area contributed by atoms with Crippen molar-refractivity contribution in [2.45, 2.75) is 0 Å². The van der Waals surface area contributed by atoms with Crippen molar-refractivity contribution < 1.29 is 18.9 Å². The van der Waals surface area contributed by atoms with Crippen LogP contribution in [0.3, 0.4) is 0 Å². The predicted molar refractivity (Wildman–Crippen MR) is 95.5 cm³/mol. The van der Waals surface area contributed by atoms with E-state index in [-0.39, 0.29) is 0 Å². The molecule has 0 fully saturated rings. The summed E-state index contributed by atoms with van der Waals surface area (Å²) in [6, 6.07) is 32.5. The van der Waals surface area contributed by atoms with Gasteiger partial charge >= 0.3 is 32.0 Å². The van der Waals surface area contributed by atoms with Crippen molar-refractivity contribution in [2.24, 2.45) is 0 Å². The van der Waals surface area contributed by atoms with Gasteiger partial charge in [-0.25, -0.2) is 0 Å². The molecule has 0 heterocycles. The first-order chi connectivity index (χ1) is 10.4. The molecule has 0 nitrogen and oxygen atoms in total. The molecule has 0 spiro atoms. The standard InChI is InChI=1S/C18H15P.Au.BrH/c1-4-10-16(11-5-1)19(17-12-6-2-7-13-17)18-14-8-3-9-15-18;;/h1-15H;;1H/q;+1;. The Hall–Kier alpha value is -0.690. The van der Waals surface area contributed by atoms with Gasteiger partial charge in [-0.05, 0) is 36.4 Å². The van der Waals surface area contributed by atoms with E-state index in [0.717, 1.165) is 0 Å². The molecule has 3 aromatic carbocycles. The summed E-state index contributed by atoms with van der Waals surface area (Å²) in [5.41, 5.74) is 0. The molecule has 3 aromatic rings. The fourth-order valence-corrected chi connectivity index (χ4v) is 4.89. The van der Waals surface area contributed by atoms with Crippen LogP contribution in [0.5, 0.6) is 0 Å². The zero-order valence-corrected chi connectivity index (χ0v) is 16.1. The second-order valence-corrected chi connectivity index (χ2v) is 6.96. The second-order valence-electron chi connectivity index (χ2n) is 4.47.